The number of carbonyl (C=O) groups is 5. The third-order valence-electron chi connectivity index (χ3n) is 4.56. The summed E-state index contributed by atoms with van der Waals surface area (Å²) >= 11 is 7.98. The fraction of sp³-hybridized carbons (Fsp3) is 0.450. The molecule has 0 aliphatic heterocycles. The van der Waals surface area contributed by atoms with Gasteiger partial charge in [0.05, 0.1) is 6.04 Å². The molecule has 0 aliphatic rings. The number of nitrogens with one attached hydrogen (secondary N) is 3. The Morgan fingerprint density at radius 1 is 0.848 bits per heavy atom. The Morgan fingerprint density at radius 3 is 1.91 bits per heavy atom. The van der Waals surface area contributed by atoms with Crippen molar-refractivity contribution in [2.75, 3.05) is 11.5 Å². The summed E-state index contributed by atoms with van der Waals surface area (Å²) in [7, 11) is 0. The van der Waals surface area contributed by atoms with Crippen molar-refractivity contribution in [3.8, 4) is 0 Å². The molecule has 4 amide bonds. The van der Waals surface area contributed by atoms with E-state index in [2.05, 4.69) is 41.2 Å². The van der Waals surface area contributed by atoms with Crippen molar-refractivity contribution < 1.29 is 29.1 Å². The lowest BCUT2D eigenvalue weighted by Crippen LogP contribution is -2.58. The Bertz CT molecular complexity index is 841. The summed E-state index contributed by atoms with van der Waals surface area (Å²) < 4.78 is 0. The zero-order valence-corrected chi connectivity index (χ0v) is 19.6. The van der Waals surface area contributed by atoms with E-state index in [1.165, 1.54) is 0 Å². The van der Waals surface area contributed by atoms with Gasteiger partial charge in [-0.2, -0.15) is 25.3 Å². The summed E-state index contributed by atoms with van der Waals surface area (Å²) in [5, 5.41) is 16.7. The molecule has 4 atom stereocenters. The summed E-state index contributed by atoms with van der Waals surface area (Å²) in [6.07, 6.45) is -0.294. The normalized spacial score (nSPS) is 14.3. The molecule has 0 saturated heterocycles. The molecule has 4 unspecified atom stereocenters. The summed E-state index contributed by atoms with van der Waals surface area (Å²) in [6, 6.07) is 4.08. The van der Waals surface area contributed by atoms with Crippen LogP contribution in [0.5, 0.6) is 0 Å². The standard InChI is InChI=1S/C20H29N5O6S2/c21-12(9-32)17(27)23-13(6-7-16(22)26)18(28)25-15(10-33)19(29)24-14(20(30)31)8-11-4-2-1-3-5-11/h1-5,12-15,32-33H,6-10,21H2,(H2,22,26)(H,23,27)(H,24,29)(H,25,28)(H,30,31). The van der Waals surface area contributed by atoms with E-state index in [4.69, 9.17) is 11.5 Å². The van der Waals surface area contributed by atoms with Crippen LogP contribution in [0, 0.1) is 0 Å². The quantitative estimate of drug-likeness (QED) is 0.139. The number of primary amides is 1. The highest BCUT2D eigenvalue weighted by molar-refractivity contribution is 7.80. The van der Waals surface area contributed by atoms with E-state index in [1.54, 1.807) is 30.3 Å². The number of carbonyl (C=O) groups excluding carboxylic acids is 4. The first-order valence-corrected chi connectivity index (χ1v) is 11.3. The topological polar surface area (TPSA) is 194 Å². The van der Waals surface area contributed by atoms with Crippen molar-refractivity contribution in [1.82, 2.24) is 16.0 Å². The summed E-state index contributed by atoms with van der Waals surface area (Å²) in [4.78, 5) is 60.2. The Kier molecular flexibility index (Phi) is 12.3. The minimum atomic E-state index is -1.25. The average molecular weight is 500 g/mol. The van der Waals surface area contributed by atoms with Crippen molar-refractivity contribution >= 4 is 54.9 Å². The second kappa shape index (κ2) is 14.4. The monoisotopic (exact) mass is 499 g/mol. The van der Waals surface area contributed by atoms with Gasteiger partial charge in [-0.05, 0) is 12.0 Å². The summed E-state index contributed by atoms with van der Waals surface area (Å²) in [5.74, 6) is -4.28. The number of aliphatic carboxylic acids is 1. The highest BCUT2D eigenvalue weighted by Crippen LogP contribution is 2.05. The fourth-order valence-corrected chi connectivity index (χ4v) is 3.13. The molecule has 1 rings (SSSR count). The van der Waals surface area contributed by atoms with Gasteiger partial charge < -0.3 is 32.5 Å². The number of hydrogen-bond donors (Lipinski definition) is 8. The Labute approximate surface area is 202 Å². The molecule has 0 spiro atoms. The number of carboxylic acid groups (broad SMARTS) is 1. The number of nitrogens with two attached hydrogens (primary N) is 2. The highest BCUT2D eigenvalue weighted by atomic mass is 32.1. The number of rotatable bonds is 14. The van der Waals surface area contributed by atoms with Crippen LogP contribution in [0.2, 0.25) is 0 Å². The van der Waals surface area contributed by atoms with Crippen molar-refractivity contribution in [3.05, 3.63) is 35.9 Å². The number of carboxylic acids is 1. The van der Waals surface area contributed by atoms with Gasteiger partial charge >= 0.3 is 5.97 Å². The predicted molar refractivity (Wildman–Crippen MR) is 128 cm³/mol. The lowest BCUT2D eigenvalue weighted by Gasteiger charge is -2.24. The maximum atomic E-state index is 12.7. The zero-order valence-electron chi connectivity index (χ0n) is 17.8. The molecule has 13 heteroatoms. The molecular weight excluding hydrogens is 470 g/mol. The largest absolute Gasteiger partial charge is 0.480 e. The molecular formula is C20H29N5O6S2. The third kappa shape index (κ3) is 10.1. The van der Waals surface area contributed by atoms with Crippen LogP contribution in [0.15, 0.2) is 30.3 Å². The van der Waals surface area contributed by atoms with Crippen LogP contribution in [-0.4, -0.2) is 70.4 Å². The van der Waals surface area contributed by atoms with Gasteiger partial charge in [0.15, 0.2) is 0 Å². The molecule has 0 heterocycles. The molecule has 33 heavy (non-hydrogen) atoms. The molecule has 0 aromatic heterocycles. The summed E-state index contributed by atoms with van der Waals surface area (Å²) in [6.45, 7) is 0. The van der Waals surface area contributed by atoms with E-state index in [0.717, 1.165) is 0 Å². The van der Waals surface area contributed by atoms with Gasteiger partial charge in [-0.1, -0.05) is 30.3 Å². The lowest BCUT2D eigenvalue weighted by molar-refractivity contribution is -0.142. The van der Waals surface area contributed by atoms with Crippen LogP contribution in [0.1, 0.15) is 18.4 Å². The molecule has 0 bridgehead atoms. The lowest BCUT2D eigenvalue weighted by atomic mass is 10.1. The van der Waals surface area contributed by atoms with Crippen LogP contribution in [0.3, 0.4) is 0 Å². The molecule has 0 fully saturated rings. The van der Waals surface area contributed by atoms with E-state index >= 15 is 0 Å². The smallest absolute Gasteiger partial charge is 0.326 e. The molecule has 0 aliphatic carbocycles. The number of benzene rings is 1. The maximum Gasteiger partial charge on any atom is 0.326 e. The minimum absolute atomic E-state index is 0.0235. The van der Waals surface area contributed by atoms with Gasteiger partial charge in [0, 0.05) is 24.3 Å². The van der Waals surface area contributed by atoms with Crippen LogP contribution in [0.4, 0.5) is 0 Å². The van der Waals surface area contributed by atoms with Crippen LogP contribution < -0.4 is 27.4 Å². The van der Waals surface area contributed by atoms with E-state index in [0.29, 0.717) is 5.56 Å². The van der Waals surface area contributed by atoms with Crippen molar-refractivity contribution in [2.45, 2.75) is 43.4 Å². The molecule has 1 aromatic rings. The second-order valence-electron chi connectivity index (χ2n) is 7.19. The van der Waals surface area contributed by atoms with Gasteiger partial charge in [0.25, 0.3) is 0 Å². The number of hydrogen-bond acceptors (Lipinski definition) is 8. The minimum Gasteiger partial charge on any atom is -0.480 e. The van der Waals surface area contributed by atoms with Crippen molar-refractivity contribution in [1.29, 1.82) is 0 Å². The summed E-state index contributed by atoms with van der Waals surface area (Å²) in [5.41, 5.74) is 11.4. The van der Waals surface area contributed by atoms with E-state index in [9.17, 15) is 29.1 Å². The van der Waals surface area contributed by atoms with Gasteiger partial charge in [0.1, 0.15) is 18.1 Å². The number of thiol groups is 2. The molecule has 0 saturated carbocycles. The first-order chi connectivity index (χ1) is 15.6. The molecule has 11 nitrogen and oxygen atoms in total. The van der Waals surface area contributed by atoms with Gasteiger partial charge in [-0.15, -0.1) is 0 Å². The predicted octanol–water partition coefficient (Wildman–Crippen LogP) is -1.78. The fourth-order valence-electron chi connectivity index (χ4n) is 2.71. The van der Waals surface area contributed by atoms with Gasteiger partial charge in [0.2, 0.25) is 23.6 Å². The Balaban J connectivity index is 2.87. The van der Waals surface area contributed by atoms with E-state index in [1.807, 2.05) is 0 Å². The maximum absolute atomic E-state index is 12.7. The third-order valence-corrected chi connectivity index (χ3v) is 5.32. The van der Waals surface area contributed by atoms with Crippen LogP contribution in [0.25, 0.3) is 0 Å². The first kappa shape index (κ1) is 28.3. The van der Waals surface area contributed by atoms with Crippen LogP contribution in [-0.2, 0) is 30.4 Å². The average Bonchev–Trinajstić information content (AvgIpc) is 2.78. The van der Waals surface area contributed by atoms with E-state index < -0.39 is 53.8 Å². The Morgan fingerprint density at radius 2 is 1.39 bits per heavy atom. The van der Waals surface area contributed by atoms with Crippen molar-refractivity contribution in [2.24, 2.45) is 11.5 Å². The molecule has 182 valence electrons. The van der Waals surface area contributed by atoms with Gasteiger partial charge in [-0.3, -0.25) is 19.2 Å². The van der Waals surface area contributed by atoms with E-state index in [-0.39, 0.29) is 30.8 Å². The molecule has 0 radical (unpaired) electrons. The second-order valence-corrected chi connectivity index (χ2v) is 7.92. The SMILES string of the molecule is NC(=O)CCC(NC(=O)C(N)CS)C(=O)NC(CS)C(=O)NC(Cc1ccccc1)C(=O)O. The first-order valence-electron chi connectivity index (χ1n) is 10.0. The van der Waals surface area contributed by atoms with Gasteiger partial charge in [-0.25, -0.2) is 4.79 Å². The van der Waals surface area contributed by atoms with Crippen LogP contribution >= 0.6 is 25.3 Å². The highest BCUT2D eigenvalue weighted by Gasteiger charge is 2.29. The molecule has 1 aromatic carbocycles. The van der Waals surface area contributed by atoms with Crippen molar-refractivity contribution in [3.63, 3.8) is 0 Å². The number of amides is 4. The Hall–Kier alpha value is -2.77. The molecule has 8 N–H and O–H groups in total. The zero-order chi connectivity index (χ0) is 25.0.